The largest absolute Gasteiger partial charge is 0.444 e. The van der Waals surface area contributed by atoms with Gasteiger partial charge in [0.05, 0.1) is 25.0 Å². The number of aromatic nitrogens is 2. The third-order valence-electron chi connectivity index (χ3n) is 3.35. The Morgan fingerprint density at radius 3 is 2.76 bits per heavy atom. The van der Waals surface area contributed by atoms with Crippen LogP contribution in [0.2, 0.25) is 0 Å². The molecule has 0 unspecified atom stereocenters. The summed E-state index contributed by atoms with van der Waals surface area (Å²) < 4.78 is 7.33. The molecule has 2 rings (SSSR count). The Morgan fingerprint density at radius 1 is 1.52 bits per heavy atom. The first-order chi connectivity index (χ1) is 9.80. The molecular weight excluding hydrogens is 274 g/mol. The maximum Gasteiger partial charge on any atom is 0.410 e. The zero-order valence-electron chi connectivity index (χ0n) is 12.7. The number of nitrogen functional groups attached to an aromatic ring is 1. The average molecular weight is 297 g/mol. The van der Waals surface area contributed by atoms with Gasteiger partial charge in [0.25, 0.3) is 0 Å². The van der Waals surface area contributed by atoms with Crippen LogP contribution in [0.25, 0.3) is 0 Å². The van der Waals surface area contributed by atoms with E-state index in [4.69, 9.17) is 21.2 Å². The summed E-state index contributed by atoms with van der Waals surface area (Å²) in [5.74, 6) is 5.62. The van der Waals surface area contributed by atoms with Gasteiger partial charge in [-0.25, -0.2) is 15.7 Å². The van der Waals surface area contributed by atoms with Crippen molar-refractivity contribution in [1.82, 2.24) is 14.5 Å². The average Bonchev–Trinajstić information content (AvgIpc) is 2.94. The first-order valence-corrected chi connectivity index (χ1v) is 6.90. The van der Waals surface area contributed by atoms with Crippen LogP contribution in [0.5, 0.6) is 0 Å². The van der Waals surface area contributed by atoms with Gasteiger partial charge in [0, 0.05) is 12.7 Å². The monoisotopic (exact) mass is 297 g/mol. The van der Waals surface area contributed by atoms with Gasteiger partial charge in [0.15, 0.2) is 0 Å². The Hall–Kier alpha value is -1.80. The lowest BCUT2D eigenvalue weighted by molar-refractivity contribution is 0.0104. The van der Waals surface area contributed by atoms with Crippen LogP contribution in [0, 0.1) is 0 Å². The zero-order valence-corrected chi connectivity index (χ0v) is 12.7. The molecule has 0 saturated carbocycles. The van der Waals surface area contributed by atoms with Crippen molar-refractivity contribution in [1.29, 1.82) is 0 Å². The third-order valence-corrected chi connectivity index (χ3v) is 3.35. The molecule has 2 heterocycles. The summed E-state index contributed by atoms with van der Waals surface area (Å²) in [7, 11) is 0. The fourth-order valence-corrected chi connectivity index (χ4v) is 2.47. The van der Waals surface area contributed by atoms with Gasteiger partial charge >= 0.3 is 6.09 Å². The zero-order chi connectivity index (χ0) is 15.6. The third kappa shape index (κ3) is 3.85. The van der Waals surface area contributed by atoms with Crippen molar-refractivity contribution in [2.45, 2.75) is 44.9 Å². The van der Waals surface area contributed by atoms with Gasteiger partial charge < -0.3 is 24.8 Å². The van der Waals surface area contributed by atoms with Crippen LogP contribution in [0.15, 0.2) is 12.5 Å². The fourth-order valence-electron chi connectivity index (χ4n) is 2.47. The highest BCUT2D eigenvalue weighted by Crippen LogP contribution is 2.29. The second-order valence-corrected chi connectivity index (χ2v) is 6.26. The van der Waals surface area contributed by atoms with E-state index in [2.05, 4.69) is 4.98 Å². The molecule has 0 spiro atoms. The smallest absolute Gasteiger partial charge is 0.410 e. The molecule has 1 aliphatic heterocycles. The van der Waals surface area contributed by atoms with Crippen LogP contribution in [0.1, 0.15) is 33.2 Å². The maximum absolute atomic E-state index is 12.3. The quantitative estimate of drug-likeness (QED) is 0.803. The summed E-state index contributed by atoms with van der Waals surface area (Å²) in [5, 5.41) is 0. The van der Waals surface area contributed by atoms with Crippen molar-refractivity contribution in [3.8, 4) is 0 Å². The summed E-state index contributed by atoms with van der Waals surface area (Å²) in [5.41, 5.74) is 5.10. The summed E-state index contributed by atoms with van der Waals surface area (Å²) in [6.07, 6.45) is 3.77. The molecule has 1 aliphatic rings. The van der Waals surface area contributed by atoms with Crippen molar-refractivity contribution >= 4 is 11.9 Å². The summed E-state index contributed by atoms with van der Waals surface area (Å²) in [6, 6.07) is -0.0408. The molecule has 1 fully saturated rings. The van der Waals surface area contributed by atoms with Gasteiger partial charge in [0.2, 0.25) is 0 Å². The van der Waals surface area contributed by atoms with Crippen molar-refractivity contribution in [3.63, 3.8) is 0 Å². The van der Waals surface area contributed by atoms with E-state index in [-0.39, 0.29) is 24.8 Å². The van der Waals surface area contributed by atoms with E-state index in [9.17, 15) is 4.79 Å². The van der Waals surface area contributed by atoms with Gasteiger partial charge in [-0.05, 0) is 27.2 Å². The predicted molar refractivity (Wildman–Crippen MR) is 77.2 cm³/mol. The number of amides is 1. The molecular formula is C13H23N5O3. The second kappa shape index (κ2) is 5.90. The Labute approximate surface area is 123 Å². The normalized spacial score (nSPS) is 22.6. The Morgan fingerprint density at radius 2 is 2.24 bits per heavy atom. The number of imidazole rings is 1. The fraction of sp³-hybridized carbons (Fsp3) is 0.692. The standard InChI is InChI=1S/C13H23N5O3/c1-13(2,3)21-12(19)18-5-9(4-10(18)7-20-15)17-6-11(14)16-8-17/h6,8-10H,4-5,7,14-15H2,1-3H3/t9-,10-/m0/s1. The second-order valence-electron chi connectivity index (χ2n) is 6.26. The van der Waals surface area contributed by atoms with Crippen LogP contribution < -0.4 is 11.6 Å². The van der Waals surface area contributed by atoms with Gasteiger partial charge in [-0.1, -0.05) is 0 Å². The lowest BCUT2D eigenvalue weighted by Crippen LogP contribution is -2.42. The molecule has 0 bridgehead atoms. The number of rotatable bonds is 3. The van der Waals surface area contributed by atoms with Gasteiger partial charge in [-0.3, -0.25) is 0 Å². The van der Waals surface area contributed by atoms with Gasteiger partial charge in [-0.2, -0.15) is 0 Å². The van der Waals surface area contributed by atoms with Crippen molar-refractivity contribution in [2.24, 2.45) is 5.90 Å². The maximum atomic E-state index is 12.3. The molecule has 1 saturated heterocycles. The SMILES string of the molecule is CC(C)(C)OC(=O)N1C[C@@H](n2cnc(N)c2)C[C@H]1CON. The van der Waals surface area contributed by atoms with Crippen LogP contribution in [0.4, 0.5) is 10.6 Å². The number of carbonyl (C=O) groups is 1. The first kappa shape index (κ1) is 15.6. The molecule has 21 heavy (non-hydrogen) atoms. The Kier molecular flexibility index (Phi) is 4.38. The summed E-state index contributed by atoms with van der Waals surface area (Å²) in [4.78, 5) is 22.7. The molecule has 0 aromatic carbocycles. The first-order valence-electron chi connectivity index (χ1n) is 6.90. The number of anilines is 1. The minimum absolute atomic E-state index is 0.0856. The van der Waals surface area contributed by atoms with Crippen LogP contribution in [-0.2, 0) is 9.57 Å². The highest BCUT2D eigenvalue weighted by Gasteiger charge is 2.38. The molecule has 8 heteroatoms. The highest BCUT2D eigenvalue weighted by atomic mass is 16.6. The molecule has 8 nitrogen and oxygen atoms in total. The molecule has 0 radical (unpaired) electrons. The van der Waals surface area contributed by atoms with Crippen molar-refractivity contribution < 1.29 is 14.4 Å². The molecule has 2 atom stereocenters. The number of likely N-dealkylation sites (tertiary alicyclic amines) is 1. The number of hydrogen-bond acceptors (Lipinski definition) is 6. The molecule has 1 aromatic rings. The number of nitrogens with zero attached hydrogens (tertiary/aromatic N) is 3. The lowest BCUT2D eigenvalue weighted by atomic mass is 10.2. The van der Waals surface area contributed by atoms with E-state index in [1.807, 2.05) is 25.3 Å². The minimum atomic E-state index is -0.539. The van der Waals surface area contributed by atoms with Crippen LogP contribution in [-0.4, -0.2) is 45.3 Å². The number of ether oxygens (including phenoxy) is 1. The summed E-state index contributed by atoms with van der Waals surface area (Å²) >= 11 is 0. The number of carbonyl (C=O) groups excluding carboxylic acids is 1. The predicted octanol–water partition coefficient (Wildman–Crippen LogP) is 0.906. The Balaban J connectivity index is 2.10. The molecule has 1 amide bonds. The van der Waals surface area contributed by atoms with E-state index in [0.717, 1.165) is 0 Å². The topological polar surface area (TPSA) is 109 Å². The number of nitrogens with two attached hydrogens (primary N) is 2. The highest BCUT2D eigenvalue weighted by molar-refractivity contribution is 5.69. The lowest BCUT2D eigenvalue weighted by Gasteiger charge is -2.28. The van der Waals surface area contributed by atoms with Gasteiger partial charge in [0.1, 0.15) is 11.4 Å². The van der Waals surface area contributed by atoms with Gasteiger partial charge in [-0.15, -0.1) is 0 Å². The summed E-state index contributed by atoms with van der Waals surface area (Å²) in [6.45, 7) is 6.29. The van der Waals surface area contributed by atoms with Crippen molar-refractivity contribution in [3.05, 3.63) is 12.5 Å². The van der Waals surface area contributed by atoms with Crippen LogP contribution in [0.3, 0.4) is 0 Å². The molecule has 118 valence electrons. The van der Waals surface area contributed by atoms with Crippen molar-refractivity contribution in [2.75, 3.05) is 18.9 Å². The van der Waals surface area contributed by atoms with E-state index in [0.29, 0.717) is 18.8 Å². The molecule has 1 aromatic heterocycles. The van der Waals surface area contributed by atoms with E-state index >= 15 is 0 Å². The minimum Gasteiger partial charge on any atom is -0.444 e. The van der Waals surface area contributed by atoms with Crippen LogP contribution >= 0.6 is 0 Å². The molecule has 0 aliphatic carbocycles. The molecule has 4 N–H and O–H groups in total. The Bertz CT molecular complexity index is 496. The van der Waals surface area contributed by atoms with E-state index in [1.54, 1.807) is 17.4 Å². The van der Waals surface area contributed by atoms with E-state index < -0.39 is 5.60 Å². The number of hydrogen-bond donors (Lipinski definition) is 2. The van der Waals surface area contributed by atoms with E-state index in [1.165, 1.54) is 0 Å².